The number of rotatable bonds is 6. The minimum atomic E-state index is 0.252. The number of methoxy groups -OCH3 is 1. The fourth-order valence-electron chi connectivity index (χ4n) is 2.58. The molecule has 0 spiro atoms. The molecule has 0 bridgehead atoms. The zero-order valence-corrected chi connectivity index (χ0v) is 13.4. The molecule has 21 heavy (non-hydrogen) atoms. The Morgan fingerprint density at radius 3 is 2.90 bits per heavy atom. The Labute approximate surface area is 126 Å². The van der Waals surface area contributed by atoms with Crippen LogP contribution in [0.15, 0.2) is 6.07 Å². The van der Waals surface area contributed by atoms with Crippen molar-refractivity contribution in [3.63, 3.8) is 0 Å². The van der Waals surface area contributed by atoms with E-state index >= 15 is 0 Å². The molecule has 6 nitrogen and oxygen atoms in total. The van der Waals surface area contributed by atoms with Gasteiger partial charge in [-0.15, -0.1) is 0 Å². The number of hydrogen-bond donors (Lipinski definition) is 1. The molecule has 1 saturated heterocycles. The molecule has 6 heteroatoms. The fraction of sp³-hybridized carbons (Fsp3) is 0.733. The smallest absolute Gasteiger partial charge is 0.158 e. The summed E-state index contributed by atoms with van der Waals surface area (Å²) in [7, 11) is 3.65. The molecule has 0 aromatic carbocycles. The van der Waals surface area contributed by atoms with E-state index in [0.29, 0.717) is 25.0 Å². The van der Waals surface area contributed by atoms with E-state index < -0.39 is 0 Å². The zero-order chi connectivity index (χ0) is 15.2. The van der Waals surface area contributed by atoms with Crippen molar-refractivity contribution in [3.8, 4) is 0 Å². The molecule has 1 aromatic heterocycles. The van der Waals surface area contributed by atoms with E-state index in [4.69, 9.17) is 9.47 Å². The van der Waals surface area contributed by atoms with E-state index in [9.17, 15) is 0 Å². The van der Waals surface area contributed by atoms with Gasteiger partial charge in [-0.2, -0.15) is 0 Å². The number of aromatic nitrogens is 2. The molecule has 0 radical (unpaired) electrons. The van der Waals surface area contributed by atoms with Crippen LogP contribution in [-0.4, -0.2) is 49.9 Å². The number of hydrogen-bond acceptors (Lipinski definition) is 6. The summed E-state index contributed by atoms with van der Waals surface area (Å²) in [6.45, 7) is 7.18. The third-order valence-electron chi connectivity index (χ3n) is 3.97. The molecule has 1 N–H and O–H groups in total. The van der Waals surface area contributed by atoms with E-state index in [0.717, 1.165) is 31.1 Å². The first-order valence-electron chi connectivity index (χ1n) is 7.59. The van der Waals surface area contributed by atoms with Crippen LogP contribution >= 0.6 is 0 Å². The van der Waals surface area contributed by atoms with Gasteiger partial charge in [-0.1, -0.05) is 6.92 Å². The number of nitrogens with zero attached hydrogens (tertiary/aromatic N) is 3. The van der Waals surface area contributed by atoms with Crippen LogP contribution in [0.25, 0.3) is 0 Å². The highest BCUT2D eigenvalue weighted by Gasteiger charge is 2.27. The monoisotopic (exact) mass is 294 g/mol. The summed E-state index contributed by atoms with van der Waals surface area (Å²) in [5.41, 5.74) is 0. The summed E-state index contributed by atoms with van der Waals surface area (Å²) >= 11 is 0. The number of anilines is 2. The molecule has 2 heterocycles. The lowest BCUT2D eigenvalue weighted by atomic mass is 9.96. The fourth-order valence-corrected chi connectivity index (χ4v) is 2.58. The second kappa shape index (κ2) is 7.56. The van der Waals surface area contributed by atoms with Crippen molar-refractivity contribution in [2.45, 2.75) is 33.0 Å². The van der Waals surface area contributed by atoms with Gasteiger partial charge in [0, 0.05) is 39.9 Å². The Morgan fingerprint density at radius 1 is 1.43 bits per heavy atom. The predicted molar refractivity (Wildman–Crippen MR) is 83.7 cm³/mol. The number of nitrogens with one attached hydrogen (secondary N) is 1. The second-order valence-corrected chi connectivity index (χ2v) is 5.40. The van der Waals surface area contributed by atoms with E-state index in [2.05, 4.69) is 27.1 Å². The molecule has 2 rings (SSSR count). The molecule has 0 amide bonds. The van der Waals surface area contributed by atoms with Gasteiger partial charge in [0.1, 0.15) is 18.2 Å². The highest BCUT2D eigenvalue weighted by Crippen LogP contribution is 2.25. The quantitative estimate of drug-likeness (QED) is 0.865. The summed E-state index contributed by atoms with van der Waals surface area (Å²) in [6.07, 6.45) is 1.36. The van der Waals surface area contributed by atoms with Crippen LogP contribution < -0.4 is 10.2 Å². The first-order valence-corrected chi connectivity index (χ1v) is 7.59. The van der Waals surface area contributed by atoms with Crippen molar-refractivity contribution in [2.24, 2.45) is 5.92 Å². The van der Waals surface area contributed by atoms with Crippen LogP contribution in [0.2, 0.25) is 0 Å². The van der Waals surface area contributed by atoms with Gasteiger partial charge in [0.2, 0.25) is 0 Å². The van der Waals surface area contributed by atoms with Gasteiger partial charge in [-0.05, 0) is 19.3 Å². The Kier molecular flexibility index (Phi) is 5.76. The lowest BCUT2D eigenvalue weighted by Gasteiger charge is -2.37. The number of piperidine rings is 1. The molecule has 0 aliphatic carbocycles. The summed E-state index contributed by atoms with van der Waals surface area (Å²) in [5.74, 6) is 3.06. The molecule has 1 aliphatic rings. The van der Waals surface area contributed by atoms with Crippen LogP contribution in [0, 0.1) is 5.92 Å². The predicted octanol–water partition coefficient (Wildman–Crippen LogP) is 1.92. The summed E-state index contributed by atoms with van der Waals surface area (Å²) < 4.78 is 11.0. The van der Waals surface area contributed by atoms with Crippen molar-refractivity contribution in [3.05, 3.63) is 11.9 Å². The maximum Gasteiger partial charge on any atom is 0.158 e. The van der Waals surface area contributed by atoms with Gasteiger partial charge in [-0.3, -0.25) is 0 Å². The van der Waals surface area contributed by atoms with Gasteiger partial charge in [0.05, 0.1) is 6.10 Å². The van der Waals surface area contributed by atoms with Crippen LogP contribution in [0.1, 0.15) is 26.1 Å². The second-order valence-electron chi connectivity index (χ2n) is 5.40. The maximum absolute atomic E-state index is 5.58. The summed E-state index contributed by atoms with van der Waals surface area (Å²) in [5, 5.41) is 3.09. The van der Waals surface area contributed by atoms with Crippen molar-refractivity contribution in [1.82, 2.24) is 9.97 Å². The van der Waals surface area contributed by atoms with Crippen molar-refractivity contribution < 1.29 is 9.47 Å². The zero-order valence-electron chi connectivity index (χ0n) is 13.4. The summed E-state index contributed by atoms with van der Waals surface area (Å²) in [6, 6.07) is 1.98. The molecule has 2 unspecified atom stereocenters. The van der Waals surface area contributed by atoms with E-state index in [1.54, 1.807) is 7.11 Å². The first kappa shape index (κ1) is 16.0. The van der Waals surface area contributed by atoms with Gasteiger partial charge in [-0.25, -0.2) is 9.97 Å². The molecular formula is C15H26N4O2. The SMILES string of the molecule is CCOCc1nc(NC)cc(N2CCC(C)C(OC)C2)n1. The molecule has 1 fully saturated rings. The van der Waals surface area contributed by atoms with E-state index in [1.165, 1.54) is 0 Å². The van der Waals surface area contributed by atoms with Gasteiger partial charge >= 0.3 is 0 Å². The average Bonchev–Trinajstić information content (AvgIpc) is 2.53. The molecule has 118 valence electrons. The first-order chi connectivity index (χ1) is 10.2. The molecular weight excluding hydrogens is 268 g/mol. The van der Waals surface area contributed by atoms with E-state index in [-0.39, 0.29) is 6.10 Å². The minimum absolute atomic E-state index is 0.252. The van der Waals surface area contributed by atoms with E-state index in [1.807, 2.05) is 20.0 Å². The highest BCUT2D eigenvalue weighted by molar-refractivity contribution is 5.49. The molecule has 2 atom stereocenters. The van der Waals surface area contributed by atoms with Gasteiger partial charge in [0.25, 0.3) is 0 Å². The van der Waals surface area contributed by atoms with Crippen LogP contribution in [0.4, 0.5) is 11.6 Å². The molecule has 1 aromatic rings. The largest absolute Gasteiger partial charge is 0.379 e. The molecule has 1 aliphatic heterocycles. The lowest BCUT2D eigenvalue weighted by Crippen LogP contribution is -2.44. The van der Waals surface area contributed by atoms with Gasteiger partial charge < -0.3 is 19.7 Å². The topological polar surface area (TPSA) is 59.5 Å². The normalized spacial score (nSPS) is 22.4. The highest BCUT2D eigenvalue weighted by atomic mass is 16.5. The Balaban J connectivity index is 2.17. The third-order valence-corrected chi connectivity index (χ3v) is 3.97. The standard InChI is InChI=1S/C15H26N4O2/c1-5-21-10-14-17-13(16-3)8-15(18-14)19-7-6-11(2)12(9-19)20-4/h8,11-12H,5-7,9-10H2,1-4H3,(H,16,17,18). The van der Waals surface area contributed by atoms with Crippen molar-refractivity contribution in [2.75, 3.05) is 44.1 Å². The number of ether oxygens (including phenoxy) is 2. The third kappa shape index (κ3) is 4.04. The van der Waals surface area contributed by atoms with Crippen molar-refractivity contribution >= 4 is 11.6 Å². The lowest BCUT2D eigenvalue weighted by molar-refractivity contribution is 0.0496. The minimum Gasteiger partial charge on any atom is -0.379 e. The van der Waals surface area contributed by atoms with Crippen LogP contribution in [0.3, 0.4) is 0 Å². The Morgan fingerprint density at radius 2 is 2.24 bits per heavy atom. The van der Waals surface area contributed by atoms with Crippen molar-refractivity contribution in [1.29, 1.82) is 0 Å². The average molecular weight is 294 g/mol. The summed E-state index contributed by atoms with van der Waals surface area (Å²) in [4.78, 5) is 11.3. The molecule has 0 saturated carbocycles. The van der Waals surface area contributed by atoms with Crippen LogP contribution in [-0.2, 0) is 16.1 Å². The Hall–Kier alpha value is -1.40. The van der Waals surface area contributed by atoms with Crippen LogP contribution in [0.5, 0.6) is 0 Å². The van der Waals surface area contributed by atoms with Gasteiger partial charge in [0.15, 0.2) is 5.82 Å². The Bertz CT molecular complexity index is 455. The maximum atomic E-state index is 5.58.